The van der Waals surface area contributed by atoms with Gasteiger partial charge in [0.2, 0.25) is 0 Å². The maximum absolute atomic E-state index is 9.74. The van der Waals surface area contributed by atoms with Crippen molar-refractivity contribution in [3.05, 3.63) is 138 Å². The van der Waals surface area contributed by atoms with E-state index in [1.54, 1.807) is 0 Å². The van der Waals surface area contributed by atoms with Crippen LogP contribution in [0.3, 0.4) is 0 Å². The number of unbranched alkanes of at least 4 members (excludes halogenated alkanes) is 26. The molecule has 0 bridgehead atoms. The average Bonchev–Trinajstić information content (AvgIpc) is 3.41. The van der Waals surface area contributed by atoms with E-state index in [0.717, 1.165) is 84.6 Å². The maximum atomic E-state index is 9.74. The van der Waals surface area contributed by atoms with Gasteiger partial charge in [0.1, 0.15) is 11.5 Å². The molecule has 0 amide bonds. The fourth-order valence-electron chi connectivity index (χ4n) is 9.44. The second-order valence-corrected chi connectivity index (χ2v) is 20.1. The first-order chi connectivity index (χ1) is 35.1. The third-order valence-electron chi connectivity index (χ3n) is 14.0. The summed E-state index contributed by atoms with van der Waals surface area (Å²) in [5.41, 5.74) is 8.64. The number of rotatable bonds is 42. The van der Waals surface area contributed by atoms with Crippen molar-refractivity contribution in [1.82, 2.24) is 0 Å². The standard InChI is InChI=1S/C65H95N3O3/c1-3-5-7-9-11-13-15-17-19-21-23-25-27-29-51-70-64-47-37-59(38-48-64)66-53-56-31-41-61(42-32-56)68(63-45-35-58(55-69)36-46-63)62-43-33-57(34-44-62)54-67-60-39-49-65(50-40-60)71-52-30-28-26-24-22-20-18-16-14-12-10-8-6-4-2/h31-50,66-67,69H,3-30,51-55H2,1-2H3. The predicted octanol–water partition coefficient (Wildman–Crippen LogP) is 19.6. The molecule has 5 aromatic carbocycles. The second-order valence-electron chi connectivity index (χ2n) is 20.1. The molecule has 0 spiro atoms. The van der Waals surface area contributed by atoms with Gasteiger partial charge in [-0.2, -0.15) is 0 Å². The molecule has 3 N–H and O–H groups in total. The van der Waals surface area contributed by atoms with Crippen molar-refractivity contribution < 1.29 is 14.6 Å². The van der Waals surface area contributed by atoms with E-state index in [9.17, 15) is 5.11 Å². The molecule has 0 radical (unpaired) electrons. The van der Waals surface area contributed by atoms with Gasteiger partial charge in [-0.25, -0.2) is 0 Å². The molecule has 0 saturated heterocycles. The molecule has 0 aliphatic carbocycles. The minimum absolute atomic E-state index is 0.0221. The Bertz CT molecular complexity index is 1890. The molecule has 71 heavy (non-hydrogen) atoms. The van der Waals surface area contributed by atoms with E-state index < -0.39 is 0 Å². The van der Waals surface area contributed by atoms with Crippen LogP contribution in [0.15, 0.2) is 121 Å². The highest BCUT2D eigenvalue weighted by atomic mass is 16.5. The summed E-state index contributed by atoms with van der Waals surface area (Å²) in [4.78, 5) is 2.27. The van der Waals surface area contributed by atoms with E-state index >= 15 is 0 Å². The number of nitrogens with one attached hydrogen (secondary N) is 2. The Balaban J connectivity index is 0.975. The zero-order chi connectivity index (χ0) is 49.7. The minimum atomic E-state index is 0.0221. The summed E-state index contributed by atoms with van der Waals surface area (Å²) in [6.45, 7) is 7.62. The smallest absolute Gasteiger partial charge is 0.119 e. The number of ether oxygens (including phenoxy) is 2. The van der Waals surface area contributed by atoms with E-state index in [1.807, 2.05) is 12.1 Å². The van der Waals surface area contributed by atoms with Gasteiger partial charge in [0, 0.05) is 41.5 Å². The van der Waals surface area contributed by atoms with Crippen molar-refractivity contribution >= 4 is 28.4 Å². The lowest BCUT2D eigenvalue weighted by Gasteiger charge is -2.26. The number of anilines is 5. The summed E-state index contributed by atoms with van der Waals surface area (Å²) in [5, 5.41) is 16.9. The Hall–Kier alpha value is -4.94. The molecule has 5 aromatic rings. The Labute approximate surface area is 432 Å². The molecule has 0 aliphatic heterocycles. The van der Waals surface area contributed by atoms with E-state index in [0.29, 0.717) is 0 Å². The molecule has 6 heteroatoms. The van der Waals surface area contributed by atoms with Gasteiger partial charge >= 0.3 is 0 Å². The van der Waals surface area contributed by atoms with Crippen molar-refractivity contribution in [2.24, 2.45) is 0 Å². The lowest BCUT2D eigenvalue weighted by Crippen LogP contribution is -2.10. The van der Waals surface area contributed by atoms with Crippen LogP contribution in [0.25, 0.3) is 0 Å². The molecule has 388 valence electrons. The summed E-state index contributed by atoms with van der Waals surface area (Å²) >= 11 is 0. The topological polar surface area (TPSA) is 66.0 Å². The summed E-state index contributed by atoms with van der Waals surface area (Å²) < 4.78 is 12.2. The Morgan fingerprint density at radius 2 is 0.592 bits per heavy atom. The number of hydrogen-bond donors (Lipinski definition) is 3. The SMILES string of the molecule is CCCCCCCCCCCCCCCCOc1ccc(NCc2ccc(N(c3ccc(CO)cc3)c3ccc(CNc4ccc(OCCCCCCCCCCCCCCCC)cc4)cc3)cc2)cc1. The van der Waals surface area contributed by atoms with Gasteiger partial charge in [0.25, 0.3) is 0 Å². The molecule has 0 fully saturated rings. The molecule has 6 nitrogen and oxygen atoms in total. The third-order valence-corrected chi connectivity index (χ3v) is 14.0. The van der Waals surface area contributed by atoms with E-state index in [-0.39, 0.29) is 6.61 Å². The van der Waals surface area contributed by atoms with Crippen LogP contribution in [0.1, 0.15) is 210 Å². The normalized spacial score (nSPS) is 11.2. The lowest BCUT2D eigenvalue weighted by molar-refractivity contribution is 0.282. The van der Waals surface area contributed by atoms with Crippen molar-refractivity contribution in [2.45, 2.75) is 213 Å². The highest BCUT2D eigenvalue weighted by Crippen LogP contribution is 2.35. The Morgan fingerprint density at radius 1 is 0.324 bits per heavy atom. The highest BCUT2D eigenvalue weighted by Gasteiger charge is 2.13. The van der Waals surface area contributed by atoms with E-state index in [2.05, 4.69) is 139 Å². The van der Waals surface area contributed by atoms with Crippen LogP contribution < -0.4 is 25.0 Å². The molecule has 0 atom stereocenters. The number of aliphatic hydroxyl groups excluding tert-OH is 1. The van der Waals surface area contributed by atoms with Gasteiger partial charge in [-0.1, -0.05) is 217 Å². The summed E-state index contributed by atoms with van der Waals surface area (Å²) in [7, 11) is 0. The second kappa shape index (κ2) is 36.9. The highest BCUT2D eigenvalue weighted by molar-refractivity contribution is 5.76. The summed E-state index contributed by atoms with van der Waals surface area (Å²) in [5.74, 6) is 1.87. The Kier molecular flexibility index (Phi) is 29.6. The third kappa shape index (κ3) is 24.4. The Morgan fingerprint density at radius 3 is 0.873 bits per heavy atom. The van der Waals surface area contributed by atoms with E-state index in [4.69, 9.17) is 9.47 Å². The molecular formula is C65H95N3O3. The first kappa shape index (κ1) is 57.0. The lowest BCUT2D eigenvalue weighted by atomic mass is 10.0. The molecular weight excluding hydrogens is 871 g/mol. The minimum Gasteiger partial charge on any atom is -0.494 e. The van der Waals surface area contributed by atoms with Gasteiger partial charge in [0.15, 0.2) is 0 Å². The fraction of sp³-hybridized carbons (Fsp3) is 0.538. The molecule has 0 aromatic heterocycles. The van der Waals surface area contributed by atoms with Gasteiger partial charge in [-0.05, 0) is 114 Å². The molecule has 5 rings (SSSR count). The zero-order valence-electron chi connectivity index (χ0n) is 44.6. The van der Waals surface area contributed by atoms with Gasteiger partial charge in [-0.3, -0.25) is 0 Å². The zero-order valence-corrected chi connectivity index (χ0v) is 44.6. The van der Waals surface area contributed by atoms with Crippen LogP contribution in [-0.4, -0.2) is 18.3 Å². The average molecular weight is 966 g/mol. The van der Waals surface area contributed by atoms with Crippen LogP contribution in [0.2, 0.25) is 0 Å². The molecule has 0 saturated carbocycles. The fourth-order valence-corrected chi connectivity index (χ4v) is 9.44. The van der Waals surface area contributed by atoms with Crippen molar-refractivity contribution in [3.8, 4) is 11.5 Å². The quantitative estimate of drug-likeness (QED) is 0.0339. The number of hydrogen-bond acceptors (Lipinski definition) is 6. The maximum Gasteiger partial charge on any atom is 0.119 e. The van der Waals surface area contributed by atoms with Crippen molar-refractivity contribution in [1.29, 1.82) is 0 Å². The number of nitrogens with zero attached hydrogens (tertiary/aromatic N) is 1. The van der Waals surface area contributed by atoms with Crippen LogP contribution in [0.5, 0.6) is 11.5 Å². The first-order valence-electron chi connectivity index (χ1n) is 28.8. The van der Waals surface area contributed by atoms with Gasteiger partial charge in [-0.15, -0.1) is 0 Å². The van der Waals surface area contributed by atoms with Crippen molar-refractivity contribution in [3.63, 3.8) is 0 Å². The molecule has 0 heterocycles. The summed E-state index contributed by atoms with van der Waals surface area (Å²) in [6, 6.07) is 42.4. The van der Waals surface area contributed by atoms with Gasteiger partial charge < -0.3 is 30.1 Å². The predicted molar refractivity (Wildman–Crippen MR) is 306 cm³/mol. The van der Waals surface area contributed by atoms with Crippen LogP contribution in [0, 0.1) is 0 Å². The van der Waals surface area contributed by atoms with Crippen molar-refractivity contribution in [2.75, 3.05) is 28.7 Å². The number of aliphatic hydroxyl groups is 1. The van der Waals surface area contributed by atoms with E-state index in [1.165, 1.54) is 178 Å². The van der Waals surface area contributed by atoms with Crippen LogP contribution in [0.4, 0.5) is 28.4 Å². The monoisotopic (exact) mass is 966 g/mol. The molecule has 0 unspecified atom stereocenters. The number of benzene rings is 5. The van der Waals surface area contributed by atoms with Crippen LogP contribution in [-0.2, 0) is 19.7 Å². The van der Waals surface area contributed by atoms with Crippen LogP contribution >= 0.6 is 0 Å². The first-order valence-corrected chi connectivity index (χ1v) is 28.8. The summed E-state index contributed by atoms with van der Waals surface area (Å²) in [6.07, 6.45) is 38.3. The largest absolute Gasteiger partial charge is 0.494 e. The van der Waals surface area contributed by atoms with Gasteiger partial charge in [0.05, 0.1) is 19.8 Å². The molecule has 0 aliphatic rings.